The maximum absolute atomic E-state index is 12.2. The Morgan fingerprint density at radius 3 is 2.03 bits per heavy atom. The molecule has 4 aromatic carbocycles. The summed E-state index contributed by atoms with van der Waals surface area (Å²) < 4.78 is 2.32. The molecule has 0 aliphatic rings. The molecule has 6 nitrogen and oxygen atoms in total. The number of aromatic amines is 1. The van der Waals surface area contributed by atoms with E-state index >= 15 is 0 Å². The number of aromatic hydroxyl groups is 1. The van der Waals surface area contributed by atoms with Gasteiger partial charge in [0.25, 0.3) is 5.01 Å². The van der Waals surface area contributed by atoms with Crippen LogP contribution in [0.4, 0.5) is 0 Å². The maximum atomic E-state index is 12.2. The second-order valence-corrected chi connectivity index (χ2v) is 11.1. The van der Waals surface area contributed by atoms with Crippen molar-refractivity contribution in [3.05, 3.63) is 101 Å². The normalized spacial score (nSPS) is 10.2. The number of para-hydroxylation sites is 2. The van der Waals surface area contributed by atoms with Crippen molar-refractivity contribution in [2.45, 2.75) is 27.7 Å². The van der Waals surface area contributed by atoms with Gasteiger partial charge in [-0.25, -0.2) is 4.98 Å². The standard InChI is InChI=1S/2C15H13NOS.Be.H2N.H2O/c2*1-9-7-10(2)14(17)11(8-9)15-16-12-5-3-4-6-13(12)18-15;;;/h2*3-8,17H,1-2H3;;2*1H2/q;;+2;-1;/p-1. The molecule has 0 saturated carbocycles. The molecule has 0 amide bonds. The second-order valence-electron chi connectivity index (χ2n) is 8.98. The molecular formula is C30H29BeN3O3S2. The number of rotatable bonds is 2. The van der Waals surface area contributed by atoms with Crippen molar-refractivity contribution in [3.63, 3.8) is 0 Å². The van der Waals surface area contributed by atoms with E-state index in [-0.39, 0.29) is 27.5 Å². The molecule has 9 heteroatoms. The minimum Gasteiger partial charge on any atom is -0.872 e. The summed E-state index contributed by atoms with van der Waals surface area (Å²) in [6.45, 7) is 7.83. The van der Waals surface area contributed by atoms with Gasteiger partial charge in [0.15, 0.2) is 0 Å². The van der Waals surface area contributed by atoms with Crippen LogP contribution in [0.1, 0.15) is 22.3 Å². The third kappa shape index (κ3) is 6.50. The number of nitrogens with zero attached hydrogens (tertiary/aromatic N) is 1. The van der Waals surface area contributed by atoms with Crippen molar-refractivity contribution in [2.75, 3.05) is 0 Å². The fourth-order valence-corrected chi connectivity index (χ4v) is 6.27. The number of H-pyrrole nitrogens is 1. The van der Waals surface area contributed by atoms with Crippen LogP contribution in [0, 0.1) is 27.7 Å². The Balaban J connectivity index is 0.000000254. The van der Waals surface area contributed by atoms with E-state index in [2.05, 4.69) is 22.1 Å². The quantitative estimate of drug-likeness (QED) is 0.222. The number of phenols is 1. The van der Waals surface area contributed by atoms with Crippen LogP contribution in [0.5, 0.6) is 11.5 Å². The van der Waals surface area contributed by atoms with E-state index in [1.54, 1.807) is 22.7 Å². The molecule has 2 aromatic heterocycles. The van der Waals surface area contributed by atoms with E-state index in [4.69, 9.17) is 0 Å². The first-order chi connectivity index (χ1) is 17.3. The Morgan fingerprint density at radius 1 is 0.769 bits per heavy atom. The zero-order valence-electron chi connectivity index (χ0n) is 22.3. The molecular weight excluding hydrogens is 523 g/mol. The van der Waals surface area contributed by atoms with E-state index in [0.29, 0.717) is 11.3 Å². The molecule has 0 atom stereocenters. The number of hydrogen-bond acceptors (Lipinski definition) is 6. The Kier molecular flexibility index (Phi) is 10.5. The third-order valence-corrected chi connectivity index (χ3v) is 8.15. The molecule has 0 bridgehead atoms. The minimum atomic E-state index is 0. The van der Waals surface area contributed by atoms with Crippen LogP contribution in [0.15, 0.2) is 72.8 Å². The van der Waals surface area contributed by atoms with Crippen LogP contribution in [0.2, 0.25) is 0 Å². The summed E-state index contributed by atoms with van der Waals surface area (Å²) in [6, 6.07) is 24.0. The predicted octanol–water partition coefficient (Wildman–Crippen LogP) is 7.52. The van der Waals surface area contributed by atoms with Crippen LogP contribution < -0.4 is 10.1 Å². The van der Waals surface area contributed by atoms with Gasteiger partial charge in [0, 0.05) is 11.6 Å². The average molecular weight is 553 g/mol. The fraction of sp³-hybridized carbons (Fsp3) is 0.133. The Hall–Kier alpha value is -3.65. The van der Waals surface area contributed by atoms with Gasteiger partial charge >= 0.3 is 10.1 Å². The summed E-state index contributed by atoms with van der Waals surface area (Å²) >= 11 is 3.24. The molecule has 6 aromatic rings. The van der Waals surface area contributed by atoms with Crippen molar-refractivity contribution < 1.29 is 20.7 Å². The summed E-state index contributed by atoms with van der Waals surface area (Å²) in [5.74, 6) is 0.447. The SMILES string of the molecule is Cc1cc(C)c(O)c(-c2[nH+]c3ccccc3s2)c1.Cc1cc(C)c([O-])c(-c2nc3ccccc3s2)c1.[Be+2].[NH2-].[OH-]. The monoisotopic (exact) mass is 552 g/mol. The Morgan fingerprint density at radius 2 is 1.36 bits per heavy atom. The molecule has 2 heterocycles. The number of thiazole rings is 2. The van der Waals surface area contributed by atoms with Crippen molar-refractivity contribution in [3.8, 4) is 32.6 Å². The first-order valence-electron chi connectivity index (χ1n) is 11.7. The van der Waals surface area contributed by atoms with Gasteiger partial charge in [0.05, 0.1) is 15.8 Å². The zero-order valence-corrected chi connectivity index (χ0v) is 23.9. The molecule has 0 aliphatic heterocycles. The van der Waals surface area contributed by atoms with Gasteiger partial charge in [-0.3, -0.25) is 0 Å². The molecule has 0 saturated heterocycles. The third-order valence-electron chi connectivity index (χ3n) is 5.98. The molecule has 0 spiro atoms. The number of fused-ring (bicyclic) bond motifs is 2. The number of nitrogens with one attached hydrogen (secondary N) is 1. The molecule has 0 fully saturated rings. The molecule has 39 heavy (non-hydrogen) atoms. The zero-order chi connectivity index (χ0) is 25.4. The van der Waals surface area contributed by atoms with Crippen molar-refractivity contribution in [2.24, 2.45) is 0 Å². The molecule has 0 unspecified atom stereocenters. The van der Waals surface area contributed by atoms with E-state index in [0.717, 1.165) is 53.6 Å². The molecule has 0 aliphatic carbocycles. The predicted molar refractivity (Wildman–Crippen MR) is 162 cm³/mol. The van der Waals surface area contributed by atoms with Crippen LogP contribution in [0.3, 0.4) is 0 Å². The van der Waals surface area contributed by atoms with Crippen molar-refractivity contribution in [1.82, 2.24) is 4.98 Å². The van der Waals surface area contributed by atoms with E-state index < -0.39 is 0 Å². The number of aryl methyl sites for hydroxylation is 4. The number of aromatic nitrogens is 2. The first-order valence-corrected chi connectivity index (χ1v) is 13.3. The van der Waals surface area contributed by atoms with Crippen molar-refractivity contribution >= 4 is 53.2 Å². The van der Waals surface area contributed by atoms with Crippen LogP contribution in [-0.2, 0) is 0 Å². The number of phenolic OH excluding ortho intramolecular Hbond substituents is 1. The second kappa shape index (κ2) is 12.9. The van der Waals surface area contributed by atoms with Gasteiger partial charge in [0.1, 0.15) is 15.5 Å². The molecule has 0 radical (unpaired) electrons. The number of nitrogens with two attached hydrogens (primary N) is 1. The summed E-state index contributed by atoms with van der Waals surface area (Å²) in [5, 5.41) is 24.2. The van der Waals surface area contributed by atoms with Gasteiger partial charge in [0.2, 0.25) is 5.52 Å². The van der Waals surface area contributed by atoms with Gasteiger partial charge in [-0.15, -0.1) is 11.3 Å². The maximum Gasteiger partial charge on any atom is 2.00 e. The largest absolute Gasteiger partial charge is 2.00 e. The smallest absolute Gasteiger partial charge is 0.872 e. The number of benzene rings is 4. The van der Waals surface area contributed by atoms with Gasteiger partial charge in [-0.2, -0.15) is 4.98 Å². The van der Waals surface area contributed by atoms with Gasteiger partial charge in [-0.1, -0.05) is 64.6 Å². The van der Waals surface area contributed by atoms with Crippen LogP contribution >= 0.6 is 22.7 Å². The summed E-state index contributed by atoms with van der Waals surface area (Å²) in [7, 11) is 0. The van der Waals surface area contributed by atoms with E-state index in [9.17, 15) is 10.2 Å². The minimum absolute atomic E-state index is 0. The Labute approximate surface area is 239 Å². The van der Waals surface area contributed by atoms with Crippen molar-refractivity contribution in [1.29, 1.82) is 0 Å². The molecule has 196 valence electrons. The van der Waals surface area contributed by atoms with E-state index in [1.165, 1.54) is 4.70 Å². The molecule has 6 rings (SSSR count). The summed E-state index contributed by atoms with van der Waals surface area (Å²) in [5.41, 5.74) is 7.61. The van der Waals surface area contributed by atoms with Gasteiger partial charge < -0.3 is 21.8 Å². The van der Waals surface area contributed by atoms with Crippen LogP contribution in [-0.4, -0.2) is 25.7 Å². The van der Waals surface area contributed by atoms with Gasteiger partial charge in [-0.05, 0) is 69.2 Å². The fourth-order valence-electron chi connectivity index (χ4n) is 4.27. The topological polar surface area (TPSA) is 134 Å². The van der Waals surface area contributed by atoms with Crippen LogP contribution in [0.25, 0.3) is 47.7 Å². The van der Waals surface area contributed by atoms with E-state index in [1.807, 2.05) is 88.4 Å². The summed E-state index contributed by atoms with van der Waals surface area (Å²) in [4.78, 5) is 7.91. The molecule has 5 N–H and O–H groups in total. The average Bonchev–Trinajstić information content (AvgIpc) is 3.48. The number of hydrogen-bond donors (Lipinski definition) is 1. The Bertz CT molecular complexity index is 1540. The summed E-state index contributed by atoms with van der Waals surface area (Å²) in [6.07, 6.45) is 0. The first kappa shape index (κ1) is 31.6.